The van der Waals surface area contributed by atoms with E-state index in [2.05, 4.69) is 24.3 Å². The second-order valence-electron chi connectivity index (χ2n) is 4.53. The number of hydrogen-bond donors (Lipinski definition) is 2. The van der Waals surface area contributed by atoms with Crippen molar-refractivity contribution in [3.8, 4) is 0 Å². The molecule has 0 heterocycles. The molecule has 0 aliphatic rings. The Kier molecular flexibility index (Phi) is 3.95. The first-order chi connectivity index (χ1) is 8.66. The van der Waals surface area contributed by atoms with Crippen LogP contribution < -0.4 is 5.73 Å². The number of carbonyl (C=O) groups is 1. The summed E-state index contributed by atoms with van der Waals surface area (Å²) in [6.45, 7) is 0. The van der Waals surface area contributed by atoms with Crippen LogP contribution in [0, 0.1) is 0 Å². The van der Waals surface area contributed by atoms with Crippen LogP contribution in [0.2, 0.25) is 0 Å². The van der Waals surface area contributed by atoms with Gasteiger partial charge in [0.2, 0.25) is 0 Å². The molecule has 2 aromatic rings. The van der Waals surface area contributed by atoms with Gasteiger partial charge in [0.05, 0.1) is 6.42 Å². The van der Waals surface area contributed by atoms with E-state index in [0.717, 1.165) is 6.42 Å². The fraction of sp³-hybridized carbons (Fsp3) is 0.267. The van der Waals surface area contributed by atoms with Crippen LogP contribution in [0.1, 0.15) is 18.4 Å². The second kappa shape index (κ2) is 5.65. The molecule has 94 valence electrons. The summed E-state index contributed by atoms with van der Waals surface area (Å²) in [4.78, 5) is 10.6. The van der Waals surface area contributed by atoms with Crippen molar-refractivity contribution in [1.29, 1.82) is 0 Å². The third-order valence-electron chi connectivity index (χ3n) is 3.10. The Hall–Kier alpha value is -1.87. The lowest BCUT2D eigenvalue weighted by Gasteiger charge is -2.10. The summed E-state index contributed by atoms with van der Waals surface area (Å²) in [6.07, 6.45) is 1.54. The van der Waals surface area contributed by atoms with E-state index in [4.69, 9.17) is 10.8 Å². The zero-order valence-corrected chi connectivity index (χ0v) is 10.2. The van der Waals surface area contributed by atoms with Crippen molar-refractivity contribution in [2.24, 2.45) is 5.73 Å². The molecule has 0 saturated heterocycles. The van der Waals surface area contributed by atoms with E-state index in [9.17, 15) is 4.79 Å². The van der Waals surface area contributed by atoms with Gasteiger partial charge in [0.1, 0.15) is 0 Å². The lowest BCUT2D eigenvalue weighted by molar-refractivity contribution is -0.137. The summed E-state index contributed by atoms with van der Waals surface area (Å²) in [5.74, 6) is -0.833. The lowest BCUT2D eigenvalue weighted by Crippen LogP contribution is -2.24. The predicted octanol–water partition coefficient (Wildman–Crippen LogP) is 2.57. The second-order valence-corrected chi connectivity index (χ2v) is 4.53. The van der Waals surface area contributed by atoms with Crippen molar-refractivity contribution < 1.29 is 9.90 Å². The standard InChI is InChI=1S/C15H17NO2/c16-13(10-15(17)18)9-8-12-6-3-5-11-4-1-2-7-14(11)12/h1-7,13H,8-10,16H2,(H,17,18). The molecule has 0 spiro atoms. The number of rotatable bonds is 5. The van der Waals surface area contributed by atoms with Crippen molar-refractivity contribution in [2.45, 2.75) is 25.3 Å². The highest BCUT2D eigenvalue weighted by Gasteiger charge is 2.09. The summed E-state index contributed by atoms with van der Waals surface area (Å²) in [5.41, 5.74) is 7.02. The van der Waals surface area contributed by atoms with Gasteiger partial charge >= 0.3 is 5.97 Å². The van der Waals surface area contributed by atoms with Crippen LogP contribution in [-0.2, 0) is 11.2 Å². The summed E-state index contributed by atoms with van der Waals surface area (Å²) in [5, 5.41) is 11.1. The molecule has 0 aromatic heterocycles. The Balaban J connectivity index is 2.10. The quantitative estimate of drug-likeness (QED) is 0.848. The molecule has 0 aliphatic heterocycles. The molecule has 3 nitrogen and oxygen atoms in total. The minimum absolute atomic E-state index is 0.0325. The maximum atomic E-state index is 10.6. The number of benzene rings is 2. The summed E-state index contributed by atoms with van der Waals surface area (Å²) < 4.78 is 0. The summed E-state index contributed by atoms with van der Waals surface area (Å²) in [7, 11) is 0. The molecule has 18 heavy (non-hydrogen) atoms. The Bertz CT molecular complexity index is 546. The number of aryl methyl sites for hydroxylation is 1. The van der Waals surface area contributed by atoms with E-state index in [0.29, 0.717) is 6.42 Å². The first-order valence-electron chi connectivity index (χ1n) is 6.11. The third kappa shape index (κ3) is 3.08. The largest absolute Gasteiger partial charge is 0.481 e. The molecule has 3 heteroatoms. The molecule has 0 aliphatic carbocycles. The third-order valence-corrected chi connectivity index (χ3v) is 3.10. The molecule has 0 amide bonds. The molecule has 0 bridgehead atoms. The highest BCUT2D eigenvalue weighted by molar-refractivity contribution is 5.85. The molecular weight excluding hydrogens is 226 g/mol. The number of carboxylic acids is 1. The van der Waals surface area contributed by atoms with Gasteiger partial charge in [0.15, 0.2) is 0 Å². The van der Waals surface area contributed by atoms with Gasteiger partial charge in [-0.15, -0.1) is 0 Å². The topological polar surface area (TPSA) is 63.3 Å². The lowest BCUT2D eigenvalue weighted by atomic mass is 9.98. The Labute approximate surface area is 106 Å². The monoisotopic (exact) mass is 243 g/mol. The van der Waals surface area contributed by atoms with Crippen LogP contribution in [0.5, 0.6) is 0 Å². The maximum absolute atomic E-state index is 10.6. The van der Waals surface area contributed by atoms with Gasteiger partial charge < -0.3 is 10.8 Å². The Morgan fingerprint density at radius 1 is 1.17 bits per heavy atom. The van der Waals surface area contributed by atoms with Crippen LogP contribution in [0.15, 0.2) is 42.5 Å². The van der Waals surface area contributed by atoms with Gasteiger partial charge in [-0.05, 0) is 29.2 Å². The van der Waals surface area contributed by atoms with Crippen molar-refractivity contribution in [2.75, 3.05) is 0 Å². The minimum Gasteiger partial charge on any atom is -0.481 e. The normalized spacial score (nSPS) is 12.5. The van der Waals surface area contributed by atoms with Crippen LogP contribution in [-0.4, -0.2) is 17.1 Å². The molecule has 0 radical (unpaired) electrons. The van der Waals surface area contributed by atoms with E-state index >= 15 is 0 Å². The fourth-order valence-corrected chi connectivity index (χ4v) is 2.18. The predicted molar refractivity (Wildman–Crippen MR) is 72.5 cm³/mol. The van der Waals surface area contributed by atoms with Crippen molar-refractivity contribution in [3.05, 3.63) is 48.0 Å². The molecular formula is C15H17NO2. The van der Waals surface area contributed by atoms with Crippen LogP contribution >= 0.6 is 0 Å². The number of fused-ring (bicyclic) bond motifs is 1. The zero-order valence-electron chi connectivity index (χ0n) is 10.2. The zero-order chi connectivity index (χ0) is 13.0. The number of hydrogen-bond acceptors (Lipinski definition) is 2. The van der Waals surface area contributed by atoms with Gasteiger partial charge in [-0.3, -0.25) is 4.79 Å². The summed E-state index contributed by atoms with van der Waals surface area (Å²) in [6, 6.07) is 14.1. The Morgan fingerprint density at radius 3 is 2.67 bits per heavy atom. The number of nitrogens with two attached hydrogens (primary N) is 1. The van der Waals surface area contributed by atoms with Crippen molar-refractivity contribution in [3.63, 3.8) is 0 Å². The minimum atomic E-state index is -0.833. The van der Waals surface area contributed by atoms with Gasteiger partial charge in [0, 0.05) is 6.04 Å². The fourth-order valence-electron chi connectivity index (χ4n) is 2.18. The van der Waals surface area contributed by atoms with E-state index in [1.807, 2.05) is 18.2 Å². The first kappa shape index (κ1) is 12.6. The average molecular weight is 243 g/mol. The molecule has 2 rings (SSSR count). The highest BCUT2D eigenvalue weighted by atomic mass is 16.4. The number of aliphatic carboxylic acids is 1. The maximum Gasteiger partial charge on any atom is 0.304 e. The first-order valence-corrected chi connectivity index (χ1v) is 6.11. The van der Waals surface area contributed by atoms with E-state index in [1.54, 1.807) is 0 Å². The van der Waals surface area contributed by atoms with Gasteiger partial charge in [0.25, 0.3) is 0 Å². The van der Waals surface area contributed by atoms with Crippen molar-refractivity contribution in [1.82, 2.24) is 0 Å². The van der Waals surface area contributed by atoms with Crippen molar-refractivity contribution >= 4 is 16.7 Å². The molecule has 1 unspecified atom stereocenters. The van der Waals surface area contributed by atoms with Gasteiger partial charge in [-0.2, -0.15) is 0 Å². The molecule has 1 atom stereocenters. The van der Waals surface area contributed by atoms with Crippen LogP contribution in [0.3, 0.4) is 0 Å². The summed E-state index contributed by atoms with van der Waals surface area (Å²) >= 11 is 0. The SMILES string of the molecule is NC(CCc1cccc2ccccc12)CC(=O)O. The number of carboxylic acid groups (broad SMARTS) is 1. The average Bonchev–Trinajstić information content (AvgIpc) is 2.35. The molecule has 3 N–H and O–H groups in total. The Morgan fingerprint density at radius 2 is 1.89 bits per heavy atom. The molecule has 2 aromatic carbocycles. The molecule has 0 saturated carbocycles. The van der Waals surface area contributed by atoms with E-state index in [1.165, 1.54) is 16.3 Å². The van der Waals surface area contributed by atoms with Gasteiger partial charge in [-0.25, -0.2) is 0 Å². The van der Waals surface area contributed by atoms with E-state index < -0.39 is 5.97 Å². The smallest absolute Gasteiger partial charge is 0.304 e. The molecule has 0 fully saturated rings. The van der Waals surface area contributed by atoms with Crippen LogP contribution in [0.25, 0.3) is 10.8 Å². The van der Waals surface area contributed by atoms with Gasteiger partial charge in [-0.1, -0.05) is 42.5 Å². The highest BCUT2D eigenvalue weighted by Crippen LogP contribution is 2.20. The van der Waals surface area contributed by atoms with E-state index in [-0.39, 0.29) is 12.5 Å². The van der Waals surface area contributed by atoms with Crippen LogP contribution in [0.4, 0.5) is 0 Å².